The summed E-state index contributed by atoms with van der Waals surface area (Å²) in [6, 6.07) is 5.28. The van der Waals surface area contributed by atoms with E-state index in [9.17, 15) is 27.9 Å². The lowest BCUT2D eigenvalue weighted by Gasteiger charge is -2.08. The number of hydrogen-bond donors (Lipinski definition) is 2. The Hall–Kier alpha value is -3.30. The number of fused-ring (bicyclic) bond motifs is 1. The van der Waals surface area contributed by atoms with Gasteiger partial charge in [0.1, 0.15) is 11.4 Å². The Morgan fingerprint density at radius 3 is 2.56 bits per heavy atom. The molecule has 10 heteroatoms. The van der Waals surface area contributed by atoms with Gasteiger partial charge in [0, 0.05) is 6.07 Å². The van der Waals surface area contributed by atoms with Gasteiger partial charge in [-0.25, -0.2) is 9.48 Å². The number of pyridine rings is 1. The van der Waals surface area contributed by atoms with Crippen molar-refractivity contribution in [2.75, 3.05) is 6.61 Å². The van der Waals surface area contributed by atoms with Crippen molar-refractivity contribution in [1.82, 2.24) is 14.8 Å². The number of hydrogen-bond acceptors (Lipinski definition) is 5. The molecule has 0 radical (unpaired) electrons. The summed E-state index contributed by atoms with van der Waals surface area (Å²) in [6.07, 6.45) is -4.45. The molecule has 3 aromatic rings. The van der Waals surface area contributed by atoms with Crippen LogP contribution in [0.25, 0.3) is 11.0 Å². The van der Waals surface area contributed by atoms with Crippen molar-refractivity contribution >= 4 is 17.0 Å². The van der Waals surface area contributed by atoms with Gasteiger partial charge in [-0.1, -0.05) is 12.1 Å². The predicted molar refractivity (Wildman–Crippen MR) is 88.5 cm³/mol. The minimum Gasteiger partial charge on any atom is -0.507 e. The summed E-state index contributed by atoms with van der Waals surface area (Å²) < 4.78 is 44.1. The highest BCUT2D eigenvalue weighted by molar-refractivity contribution is 6.03. The number of aromatic hydroxyl groups is 1. The molecule has 0 atom stereocenters. The van der Waals surface area contributed by atoms with Gasteiger partial charge in [0.25, 0.3) is 5.56 Å². The zero-order valence-electron chi connectivity index (χ0n) is 14.0. The monoisotopic (exact) mass is 381 g/mol. The summed E-state index contributed by atoms with van der Waals surface area (Å²) in [5.41, 5.74) is -1.11. The predicted octanol–water partition coefficient (Wildman–Crippen LogP) is 2.67. The molecule has 2 heterocycles. The Bertz CT molecular complexity index is 1050. The second kappa shape index (κ2) is 6.78. The van der Waals surface area contributed by atoms with E-state index in [1.807, 2.05) is 0 Å². The fourth-order valence-electron chi connectivity index (χ4n) is 2.61. The largest absolute Gasteiger partial charge is 0.507 e. The van der Waals surface area contributed by atoms with E-state index in [1.54, 1.807) is 6.92 Å². The van der Waals surface area contributed by atoms with Crippen LogP contribution in [0.1, 0.15) is 28.5 Å². The van der Waals surface area contributed by atoms with Gasteiger partial charge in [0.15, 0.2) is 5.69 Å². The average Bonchev–Trinajstić information content (AvgIpc) is 2.93. The van der Waals surface area contributed by atoms with Gasteiger partial charge in [-0.05, 0) is 24.6 Å². The second-order valence-corrected chi connectivity index (χ2v) is 5.66. The number of nitrogens with one attached hydrogen (secondary N) is 1. The van der Waals surface area contributed by atoms with Crippen LogP contribution < -0.4 is 5.56 Å². The molecule has 0 aliphatic heterocycles. The summed E-state index contributed by atoms with van der Waals surface area (Å²) in [5.74, 6) is -1.24. The molecule has 1 aromatic carbocycles. The van der Waals surface area contributed by atoms with Crippen molar-refractivity contribution in [3.8, 4) is 5.75 Å². The maximum Gasteiger partial charge on any atom is 0.416 e. The van der Waals surface area contributed by atoms with Gasteiger partial charge in [-0.2, -0.15) is 18.3 Å². The standard InChI is InChI=1S/C17H14F3N3O4/c1-2-27-16(26)14-13-11(24)7-12(25)21-15(13)23(22-14)8-9-3-5-10(6-4-9)17(18,19)20/h3-7H,2,8H2,1H3,(H2,21,24,25). The minimum absolute atomic E-state index is 0.0000355. The Morgan fingerprint density at radius 2 is 1.96 bits per heavy atom. The van der Waals surface area contributed by atoms with Crippen LogP contribution in [0.2, 0.25) is 0 Å². The number of carbonyl (C=O) groups is 1. The van der Waals surface area contributed by atoms with Crippen molar-refractivity contribution in [1.29, 1.82) is 0 Å². The lowest BCUT2D eigenvalue weighted by atomic mass is 10.1. The highest BCUT2D eigenvalue weighted by Crippen LogP contribution is 2.30. The average molecular weight is 381 g/mol. The van der Waals surface area contributed by atoms with Gasteiger partial charge in [-0.3, -0.25) is 4.79 Å². The molecular weight excluding hydrogens is 367 g/mol. The summed E-state index contributed by atoms with van der Waals surface area (Å²) in [7, 11) is 0. The van der Waals surface area contributed by atoms with Crippen molar-refractivity contribution in [2.24, 2.45) is 0 Å². The van der Waals surface area contributed by atoms with Crippen LogP contribution in [0, 0.1) is 0 Å². The number of H-pyrrole nitrogens is 1. The van der Waals surface area contributed by atoms with Gasteiger partial charge < -0.3 is 14.8 Å². The number of aromatic amines is 1. The molecule has 3 rings (SSSR count). The quantitative estimate of drug-likeness (QED) is 0.678. The Morgan fingerprint density at radius 1 is 1.30 bits per heavy atom. The van der Waals surface area contributed by atoms with E-state index in [0.29, 0.717) is 5.56 Å². The van der Waals surface area contributed by atoms with Crippen LogP contribution in [-0.4, -0.2) is 32.4 Å². The molecule has 27 heavy (non-hydrogen) atoms. The van der Waals surface area contributed by atoms with E-state index in [4.69, 9.17) is 4.74 Å². The van der Waals surface area contributed by atoms with Crippen LogP contribution in [0.5, 0.6) is 5.75 Å². The van der Waals surface area contributed by atoms with Crippen LogP contribution in [0.4, 0.5) is 13.2 Å². The number of carbonyl (C=O) groups excluding carboxylic acids is 1. The molecule has 0 spiro atoms. The van der Waals surface area contributed by atoms with Gasteiger partial charge in [-0.15, -0.1) is 0 Å². The lowest BCUT2D eigenvalue weighted by Crippen LogP contribution is -2.10. The molecular formula is C17H14F3N3O4. The van der Waals surface area contributed by atoms with Crippen molar-refractivity contribution in [3.63, 3.8) is 0 Å². The molecule has 2 aromatic heterocycles. The normalized spacial score (nSPS) is 11.7. The second-order valence-electron chi connectivity index (χ2n) is 5.66. The molecule has 7 nitrogen and oxygen atoms in total. The van der Waals surface area contributed by atoms with E-state index in [-0.39, 0.29) is 29.9 Å². The third-order valence-electron chi connectivity index (χ3n) is 3.80. The number of ether oxygens (including phenoxy) is 1. The number of rotatable bonds is 4. The third kappa shape index (κ3) is 3.64. The van der Waals surface area contributed by atoms with E-state index < -0.39 is 29.0 Å². The maximum absolute atomic E-state index is 12.7. The molecule has 0 saturated carbocycles. The van der Waals surface area contributed by atoms with Gasteiger partial charge in [0.05, 0.1) is 24.1 Å². The summed E-state index contributed by atoms with van der Waals surface area (Å²) in [4.78, 5) is 26.2. The van der Waals surface area contributed by atoms with Crippen LogP contribution in [-0.2, 0) is 17.5 Å². The number of halogens is 3. The molecule has 0 fully saturated rings. The summed E-state index contributed by atoms with van der Waals surface area (Å²) >= 11 is 0. The van der Waals surface area contributed by atoms with Crippen molar-refractivity contribution in [2.45, 2.75) is 19.6 Å². The van der Waals surface area contributed by atoms with Gasteiger partial charge >= 0.3 is 12.1 Å². The number of benzene rings is 1. The molecule has 0 bridgehead atoms. The zero-order chi connectivity index (χ0) is 19.8. The first kappa shape index (κ1) is 18.5. The number of nitrogens with zero attached hydrogens (tertiary/aromatic N) is 2. The number of esters is 1. The van der Waals surface area contributed by atoms with Crippen LogP contribution >= 0.6 is 0 Å². The van der Waals surface area contributed by atoms with Crippen molar-refractivity contribution in [3.05, 3.63) is 57.5 Å². The molecule has 0 aliphatic rings. The van der Waals surface area contributed by atoms with Crippen LogP contribution in [0.15, 0.2) is 35.1 Å². The van der Waals surface area contributed by atoms with E-state index in [2.05, 4.69) is 10.1 Å². The molecule has 0 aliphatic carbocycles. The first-order chi connectivity index (χ1) is 12.7. The lowest BCUT2D eigenvalue weighted by molar-refractivity contribution is -0.137. The Kier molecular flexibility index (Phi) is 4.64. The number of aromatic nitrogens is 3. The third-order valence-corrected chi connectivity index (χ3v) is 3.80. The molecule has 2 N–H and O–H groups in total. The first-order valence-corrected chi connectivity index (χ1v) is 7.86. The zero-order valence-corrected chi connectivity index (χ0v) is 14.0. The fourth-order valence-corrected chi connectivity index (χ4v) is 2.61. The van der Waals surface area contributed by atoms with E-state index in [1.165, 1.54) is 16.8 Å². The Labute approximate surface area is 150 Å². The Balaban J connectivity index is 2.06. The van der Waals surface area contributed by atoms with E-state index in [0.717, 1.165) is 18.2 Å². The fraction of sp³-hybridized carbons (Fsp3) is 0.235. The molecule has 0 unspecified atom stereocenters. The summed E-state index contributed by atoms with van der Waals surface area (Å²) in [6.45, 7) is 1.64. The van der Waals surface area contributed by atoms with E-state index >= 15 is 0 Å². The topological polar surface area (TPSA) is 97.2 Å². The van der Waals surface area contributed by atoms with Crippen LogP contribution in [0.3, 0.4) is 0 Å². The smallest absolute Gasteiger partial charge is 0.416 e. The minimum atomic E-state index is -4.45. The highest BCUT2D eigenvalue weighted by atomic mass is 19.4. The SMILES string of the molecule is CCOC(=O)c1nn(Cc2ccc(C(F)(F)F)cc2)c2[nH]c(=O)cc(O)c12. The number of alkyl halides is 3. The molecule has 0 saturated heterocycles. The highest BCUT2D eigenvalue weighted by Gasteiger charge is 2.30. The summed E-state index contributed by atoms with van der Waals surface area (Å²) in [5, 5.41) is 14.1. The first-order valence-electron chi connectivity index (χ1n) is 7.86. The van der Waals surface area contributed by atoms with Gasteiger partial charge in [0.2, 0.25) is 0 Å². The van der Waals surface area contributed by atoms with Crippen molar-refractivity contribution < 1.29 is 27.8 Å². The molecule has 0 amide bonds. The maximum atomic E-state index is 12.7. The molecule has 142 valence electrons.